The summed E-state index contributed by atoms with van der Waals surface area (Å²) in [7, 11) is 0. The number of halogens is 1. The Kier molecular flexibility index (Phi) is 5.25. The minimum absolute atomic E-state index is 0.0209. The van der Waals surface area contributed by atoms with Gasteiger partial charge in [-0.25, -0.2) is 0 Å². The van der Waals surface area contributed by atoms with Gasteiger partial charge >= 0.3 is 0 Å². The second kappa shape index (κ2) is 6.94. The third-order valence-corrected chi connectivity index (χ3v) is 4.36. The molecule has 1 aromatic carbocycles. The quantitative estimate of drug-likeness (QED) is 0.918. The summed E-state index contributed by atoms with van der Waals surface area (Å²) in [6.45, 7) is 2.09. The number of aryl methyl sites for hydroxylation is 1. The normalized spacial score (nSPS) is 16.1. The lowest BCUT2D eigenvalue weighted by atomic mass is 9.95. The Labute approximate surface area is 122 Å². The third kappa shape index (κ3) is 4.53. The van der Waals surface area contributed by atoms with Crippen LogP contribution in [0.5, 0.6) is 5.75 Å². The Morgan fingerprint density at radius 1 is 1.37 bits per heavy atom. The number of ether oxygens (including phenoxy) is 1. The molecule has 0 saturated heterocycles. The highest BCUT2D eigenvalue weighted by Crippen LogP contribution is 2.21. The first-order chi connectivity index (χ1) is 9.15. The molecule has 0 radical (unpaired) electrons. The van der Waals surface area contributed by atoms with Gasteiger partial charge in [0.1, 0.15) is 5.75 Å². The lowest BCUT2D eigenvalue weighted by Gasteiger charge is -2.22. The summed E-state index contributed by atoms with van der Waals surface area (Å²) in [6.07, 6.45) is 5.93. The topological polar surface area (TPSA) is 38.3 Å². The van der Waals surface area contributed by atoms with Gasteiger partial charge in [-0.05, 0) is 43.5 Å². The predicted molar refractivity (Wildman–Crippen MR) is 79.4 cm³/mol. The third-order valence-electron chi connectivity index (χ3n) is 3.47. The average molecular weight is 326 g/mol. The lowest BCUT2D eigenvalue weighted by Crippen LogP contribution is -2.38. The van der Waals surface area contributed by atoms with E-state index >= 15 is 0 Å². The summed E-state index contributed by atoms with van der Waals surface area (Å²) in [5, 5.41) is 3.04. The molecule has 1 amide bonds. The molecule has 1 N–H and O–H groups in total. The molecule has 4 heteroatoms. The van der Waals surface area contributed by atoms with Gasteiger partial charge in [-0.3, -0.25) is 4.79 Å². The van der Waals surface area contributed by atoms with E-state index in [0.717, 1.165) is 28.6 Å². The number of hydrogen-bond acceptors (Lipinski definition) is 2. The summed E-state index contributed by atoms with van der Waals surface area (Å²) in [5.74, 6) is 0.715. The van der Waals surface area contributed by atoms with Crippen LogP contribution in [-0.4, -0.2) is 18.6 Å². The minimum Gasteiger partial charge on any atom is -0.484 e. The summed E-state index contributed by atoms with van der Waals surface area (Å²) in [6, 6.07) is 6.07. The first-order valence-electron chi connectivity index (χ1n) is 6.83. The maximum absolute atomic E-state index is 11.8. The van der Waals surface area contributed by atoms with Crippen LogP contribution in [0.2, 0.25) is 0 Å². The molecule has 104 valence electrons. The first kappa shape index (κ1) is 14.4. The van der Waals surface area contributed by atoms with Crippen LogP contribution >= 0.6 is 15.9 Å². The van der Waals surface area contributed by atoms with Crippen molar-refractivity contribution < 1.29 is 9.53 Å². The Balaban J connectivity index is 1.77. The molecule has 0 aromatic heterocycles. The van der Waals surface area contributed by atoms with Crippen LogP contribution in [0.15, 0.2) is 22.7 Å². The molecule has 0 spiro atoms. The molecule has 0 atom stereocenters. The van der Waals surface area contributed by atoms with Gasteiger partial charge in [0.05, 0.1) is 0 Å². The predicted octanol–water partition coefficient (Wildman–Crippen LogP) is 3.59. The number of carbonyl (C=O) groups is 1. The Hall–Kier alpha value is -1.03. The van der Waals surface area contributed by atoms with Crippen LogP contribution < -0.4 is 10.1 Å². The standard InChI is InChI=1S/C15H20BrNO2/c1-11-9-13(7-8-14(11)16)19-10-15(18)17-12-5-3-2-4-6-12/h7-9,12H,2-6,10H2,1H3,(H,17,18). The fourth-order valence-electron chi connectivity index (χ4n) is 2.37. The van der Waals surface area contributed by atoms with Crippen molar-refractivity contribution in [2.45, 2.75) is 45.1 Å². The summed E-state index contributed by atoms with van der Waals surface area (Å²) < 4.78 is 6.56. The number of hydrogen-bond donors (Lipinski definition) is 1. The van der Waals surface area contributed by atoms with Crippen molar-refractivity contribution >= 4 is 21.8 Å². The number of benzene rings is 1. The lowest BCUT2D eigenvalue weighted by molar-refractivity contribution is -0.124. The van der Waals surface area contributed by atoms with E-state index in [4.69, 9.17) is 4.74 Å². The number of amides is 1. The van der Waals surface area contributed by atoms with E-state index in [9.17, 15) is 4.79 Å². The van der Waals surface area contributed by atoms with Crippen LogP contribution in [0.25, 0.3) is 0 Å². The molecular formula is C15H20BrNO2. The largest absolute Gasteiger partial charge is 0.484 e. The average Bonchev–Trinajstić information content (AvgIpc) is 2.41. The van der Waals surface area contributed by atoms with E-state index < -0.39 is 0 Å². The Morgan fingerprint density at radius 3 is 2.79 bits per heavy atom. The molecule has 1 aliphatic rings. The molecule has 3 nitrogen and oxygen atoms in total. The van der Waals surface area contributed by atoms with Gasteiger partial charge in [-0.2, -0.15) is 0 Å². The second-order valence-corrected chi connectivity index (χ2v) is 5.96. The van der Waals surface area contributed by atoms with E-state index in [-0.39, 0.29) is 12.5 Å². The molecular weight excluding hydrogens is 306 g/mol. The van der Waals surface area contributed by atoms with Gasteiger partial charge in [-0.1, -0.05) is 35.2 Å². The smallest absolute Gasteiger partial charge is 0.258 e. The molecule has 19 heavy (non-hydrogen) atoms. The van der Waals surface area contributed by atoms with Crippen molar-refractivity contribution in [3.8, 4) is 5.75 Å². The van der Waals surface area contributed by atoms with Gasteiger partial charge in [0.2, 0.25) is 0 Å². The van der Waals surface area contributed by atoms with E-state index in [0.29, 0.717) is 6.04 Å². The molecule has 1 fully saturated rings. The van der Waals surface area contributed by atoms with E-state index in [1.165, 1.54) is 19.3 Å². The van der Waals surface area contributed by atoms with Crippen LogP contribution in [0, 0.1) is 6.92 Å². The van der Waals surface area contributed by atoms with E-state index in [1.807, 2.05) is 25.1 Å². The molecule has 0 unspecified atom stereocenters. The maximum atomic E-state index is 11.8. The number of carbonyl (C=O) groups excluding carboxylic acids is 1. The second-order valence-electron chi connectivity index (χ2n) is 5.10. The van der Waals surface area contributed by atoms with Gasteiger partial charge in [0.15, 0.2) is 6.61 Å². The SMILES string of the molecule is Cc1cc(OCC(=O)NC2CCCCC2)ccc1Br. The van der Waals surface area contributed by atoms with Crippen LogP contribution in [-0.2, 0) is 4.79 Å². The molecule has 1 saturated carbocycles. The van der Waals surface area contributed by atoms with Crippen molar-refractivity contribution in [2.75, 3.05) is 6.61 Å². The monoisotopic (exact) mass is 325 g/mol. The fraction of sp³-hybridized carbons (Fsp3) is 0.533. The highest BCUT2D eigenvalue weighted by molar-refractivity contribution is 9.10. The molecule has 0 heterocycles. The first-order valence-corrected chi connectivity index (χ1v) is 7.63. The molecule has 0 bridgehead atoms. The maximum Gasteiger partial charge on any atom is 0.258 e. The van der Waals surface area contributed by atoms with E-state index in [1.54, 1.807) is 0 Å². The zero-order valence-electron chi connectivity index (χ0n) is 11.2. The van der Waals surface area contributed by atoms with Crippen LogP contribution in [0.1, 0.15) is 37.7 Å². The van der Waals surface area contributed by atoms with Gasteiger partial charge in [0, 0.05) is 10.5 Å². The summed E-state index contributed by atoms with van der Waals surface area (Å²) >= 11 is 3.44. The number of nitrogens with one attached hydrogen (secondary N) is 1. The van der Waals surface area contributed by atoms with Crippen LogP contribution in [0.4, 0.5) is 0 Å². The summed E-state index contributed by atoms with van der Waals surface area (Å²) in [4.78, 5) is 11.8. The number of rotatable bonds is 4. The zero-order chi connectivity index (χ0) is 13.7. The van der Waals surface area contributed by atoms with Crippen molar-refractivity contribution in [3.05, 3.63) is 28.2 Å². The van der Waals surface area contributed by atoms with Gasteiger partial charge in [-0.15, -0.1) is 0 Å². The fourth-order valence-corrected chi connectivity index (χ4v) is 2.62. The molecule has 0 aliphatic heterocycles. The van der Waals surface area contributed by atoms with Crippen molar-refractivity contribution in [1.29, 1.82) is 0 Å². The van der Waals surface area contributed by atoms with Gasteiger partial charge in [0.25, 0.3) is 5.91 Å². The Morgan fingerprint density at radius 2 is 2.11 bits per heavy atom. The molecule has 1 aromatic rings. The van der Waals surface area contributed by atoms with Crippen molar-refractivity contribution in [2.24, 2.45) is 0 Å². The molecule has 2 rings (SSSR count). The highest BCUT2D eigenvalue weighted by atomic mass is 79.9. The van der Waals surface area contributed by atoms with Crippen molar-refractivity contribution in [1.82, 2.24) is 5.32 Å². The minimum atomic E-state index is -0.0209. The van der Waals surface area contributed by atoms with Gasteiger partial charge < -0.3 is 10.1 Å². The summed E-state index contributed by atoms with van der Waals surface area (Å²) in [5.41, 5.74) is 1.10. The van der Waals surface area contributed by atoms with E-state index in [2.05, 4.69) is 21.2 Å². The van der Waals surface area contributed by atoms with Crippen LogP contribution in [0.3, 0.4) is 0 Å². The highest BCUT2D eigenvalue weighted by Gasteiger charge is 2.15. The Bertz CT molecular complexity index is 442. The van der Waals surface area contributed by atoms with Crippen molar-refractivity contribution in [3.63, 3.8) is 0 Å². The zero-order valence-corrected chi connectivity index (χ0v) is 12.8. The molecule has 1 aliphatic carbocycles.